The number of carbonyl (C=O) groups excluding carboxylic acids is 4. The van der Waals surface area contributed by atoms with Gasteiger partial charge in [-0.05, 0) is 51.1 Å². The van der Waals surface area contributed by atoms with Gasteiger partial charge in [0, 0.05) is 42.1 Å². The van der Waals surface area contributed by atoms with Gasteiger partial charge < -0.3 is 10.6 Å². The predicted molar refractivity (Wildman–Crippen MR) is 106 cm³/mol. The molecule has 0 fully saturated rings. The number of nitrogens with zero attached hydrogens (tertiary/aromatic N) is 2. The van der Waals surface area contributed by atoms with Crippen molar-refractivity contribution in [2.24, 2.45) is 0 Å². The molecule has 0 atom stereocenters. The lowest BCUT2D eigenvalue weighted by Gasteiger charge is -2.29. The Labute approximate surface area is 168 Å². The van der Waals surface area contributed by atoms with Crippen LogP contribution in [0.25, 0.3) is 0 Å². The Kier molecular flexibility index (Phi) is 5.45. The van der Waals surface area contributed by atoms with Crippen molar-refractivity contribution < 1.29 is 19.2 Å². The molecule has 2 aromatic rings. The molecule has 1 aromatic heterocycles. The van der Waals surface area contributed by atoms with Crippen LogP contribution in [-0.2, 0) is 0 Å². The van der Waals surface area contributed by atoms with Crippen molar-refractivity contribution in [3.05, 3.63) is 65.0 Å². The summed E-state index contributed by atoms with van der Waals surface area (Å²) < 4.78 is 0. The second kappa shape index (κ2) is 7.83. The van der Waals surface area contributed by atoms with Gasteiger partial charge in [-0.25, -0.2) is 0 Å². The summed E-state index contributed by atoms with van der Waals surface area (Å²) in [5, 5.41) is 5.38. The molecule has 150 valence electrons. The first kappa shape index (κ1) is 20.2. The molecule has 2 heterocycles. The van der Waals surface area contributed by atoms with E-state index in [0.717, 1.165) is 0 Å². The first-order valence-corrected chi connectivity index (χ1v) is 9.19. The SMILES string of the molecule is CC(C)(C)N1C(=O)c2ccc(C(=O)NCCNC(=O)c3ccncc3)cc2C1=O. The van der Waals surface area contributed by atoms with E-state index in [4.69, 9.17) is 0 Å². The van der Waals surface area contributed by atoms with Gasteiger partial charge in [0.15, 0.2) is 0 Å². The Morgan fingerprint density at radius 2 is 1.41 bits per heavy atom. The molecule has 0 saturated carbocycles. The predicted octanol–water partition coefficient (Wildman–Crippen LogP) is 1.64. The maximum Gasteiger partial charge on any atom is 0.262 e. The largest absolute Gasteiger partial charge is 0.350 e. The van der Waals surface area contributed by atoms with Gasteiger partial charge in [-0.3, -0.25) is 29.1 Å². The van der Waals surface area contributed by atoms with E-state index in [1.54, 1.807) is 32.9 Å². The Morgan fingerprint density at radius 3 is 2.00 bits per heavy atom. The molecular weight excluding hydrogens is 372 g/mol. The molecule has 29 heavy (non-hydrogen) atoms. The van der Waals surface area contributed by atoms with Gasteiger partial charge in [0.1, 0.15) is 0 Å². The molecule has 0 unspecified atom stereocenters. The lowest BCUT2D eigenvalue weighted by molar-refractivity contribution is 0.0507. The first-order valence-electron chi connectivity index (χ1n) is 9.19. The number of carbonyl (C=O) groups is 4. The standard InChI is InChI=1S/C21H22N4O4/c1-21(2,3)25-19(28)15-5-4-14(12-16(15)20(25)29)18(27)24-11-10-23-17(26)13-6-8-22-9-7-13/h4-9,12H,10-11H2,1-3H3,(H,23,26)(H,24,27). The molecule has 0 aliphatic carbocycles. The second-order valence-corrected chi connectivity index (χ2v) is 7.62. The third kappa shape index (κ3) is 4.16. The summed E-state index contributed by atoms with van der Waals surface area (Å²) in [5.74, 6) is -1.41. The lowest BCUT2D eigenvalue weighted by atomic mass is 10.1. The quantitative estimate of drug-likeness (QED) is 0.592. The van der Waals surface area contributed by atoms with Gasteiger partial charge in [0.05, 0.1) is 11.1 Å². The highest BCUT2D eigenvalue weighted by molar-refractivity contribution is 6.22. The number of benzene rings is 1. The Balaban J connectivity index is 1.59. The fraction of sp³-hybridized carbons (Fsp3) is 0.286. The van der Waals surface area contributed by atoms with Gasteiger partial charge in [-0.2, -0.15) is 0 Å². The molecular formula is C21H22N4O4. The van der Waals surface area contributed by atoms with Gasteiger partial charge in [-0.15, -0.1) is 0 Å². The first-order chi connectivity index (χ1) is 13.7. The summed E-state index contributed by atoms with van der Waals surface area (Å²) >= 11 is 0. The number of aromatic nitrogens is 1. The second-order valence-electron chi connectivity index (χ2n) is 7.62. The third-order valence-electron chi connectivity index (χ3n) is 4.46. The molecule has 8 nitrogen and oxygen atoms in total. The lowest BCUT2D eigenvalue weighted by Crippen LogP contribution is -2.45. The maximum absolute atomic E-state index is 12.6. The number of hydrogen-bond acceptors (Lipinski definition) is 5. The zero-order chi connectivity index (χ0) is 21.2. The summed E-state index contributed by atoms with van der Waals surface area (Å²) in [6.45, 7) is 5.80. The van der Waals surface area contributed by atoms with Crippen LogP contribution in [0.2, 0.25) is 0 Å². The minimum absolute atomic E-state index is 0.216. The summed E-state index contributed by atoms with van der Waals surface area (Å²) in [6, 6.07) is 7.64. The molecule has 1 aliphatic rings. The number of hydrogen-bond donors (Lipinski definition) is 2. The molecule has 4 amide bonds. The van der Waals surface area contributed by atoms with Crippen molar-refractivity contribution >= 4 is 23.6 Å². The minimum Gasteiger partial charge on any atom is -0.350 e. The van der Waals surface area contributed by atoms with E-state index in [-0.39, 0.29) is 41.9 Å². The molecule has 1 aromatic carbocycles. The smallest absolute Gasteiger partial charge is 0.262 e. The van der Waals surface area contributed by atoms with Gasteiger partial charge in [0.2, 0.25) is 0 Å². The molecule has 2 N–H and O–H groups in total. The van der Waals surface area contributed by atoms with Crippen LogP contribution in [-0.4, -0.2) is 52.1 Å². The van der Waals surface area contributed by atoms with E-state index in [2.05, 4.69) is 15.6 Å². The van der Waals surface area contributed by atoms with Crippen LogP contribution < -0.4 is 10.6 Å². The van der Waals surface area contributed by atoms with Crippen molar-refractivity contribution in [1.82, 2.24) is 20.5 Å². The number of rotatable bonds is 5. The fourth-order valence-electron chi connectivity index (χ4n) is 3.05. The van der Waals surface area contributed by atoms with Crippen LogP contribution >= 0.6 is 0 Å². The van der Waals surface area contributed by atoms with E-state index in [1.165, 1.54) is 35.5 Å². The Bertz CT molecular complexity index is 980. The number of pyridine rings is 1. The van der Waals surface area contributed by atoms with Crippen molar-refractivity contribution in [1.29, 1.82) is 0 Å². The summed E-state index contributed by atoms with van der Waals surface area (Å²) in [5.41, 5.74) is 0.634. The number of amides is 4. The summed E-state index contributed by atoms with van der Waals surface area (Å²) in [6.07, 6.45) is 3.05. The zero-order valence-electron chi connectivity index (χ0n) is 16.5. The van der Waals surface area contributed by atoms with E-state index < -0.39 is 11.4 Å². The van der Waals surface area contributed by atoms with Gasteiger partial charge in [0.25, 0.3) is 23.6 Å². The van der Waals surface area contributed by atoms with E-state index >= 15 is 0 Å². The summed E-state index contributed by atoms with van der Waals surface area (Å²) in [4.78, 5) is 54.5. The normalized spacial score (nSPS) is 13.3. The Hall–Kier alpha value is -3.55. The van der Waals surface area contributed by atoms with Crippen molar-refractivity contribution in [3.63, 3.8) is 0 Å². The highest BCUT2D eigenvalue weighted by Gasteiger charge is 2.42. The van der Waals surface area contributed by atoms with Gasteiger partial charge >= 0.3 is 0 Å². The van der Waals surface area contributed by atoms with Gasteiger partial charge in [-0.1, -0.05) is 0 Å². The number of fused-ring (bicyclic) bond motifs is 1. The molecule has 0 spiro atoms. The van der Waals surface area contributed by atoms with E-state index in [1.807, 2.05) is 0 Å². The van der Waals surface area contributed by atoms with Crippen LogP contribution in [0, 0.1) is 0 Å². The van der Waals surface area contributed by atoms with E-state index in [9.17, 15) is 19.2 Å². The zero-order valence-corrected chi connectivity index (χ0v) is 16.5. The monoisotopic (exact) mass is 394 g/mol. The third-order valence-corrected chi connectivity index (χ3v) is 4.46. The number of imide groups is 1. The molecule has 0 saturated heterocycles. The highest BCUT2D eigenvalue weighted by atomic mass is 16.2. The van der Waals surface area contributed by atoms with Crippen molar-refractivity contribution in [2.75, 3.05) is 13.1 Å². The number of nitrogens with one attached hydrogen (secondary N) is 2. The van der Waals surface area contributed by atoms with Crippen LogP contribution in [0.1, 0.15) is 62.2 Å². The van der Waals surface area contributed by atoms with Crippen LogP contribution in [0.3, 0.4) is 0 Å². The molecule has 0 radical (unpaired) electrons. The van der Waals surface area contributed by atoms with Crippen LogP contribution in [0.5, 0.6) is 0 Å². The van der Waals surface area contributed by atoms with Crippen LogP contribution in [0.15, 0.2) is 42.7 Å². The average Bonchev–Trinajstić information content (AvgIpc) is 2.95. The molecule has 0 bridgehead atoms. The highest BCUT2D eigenvalue weighted by Crippen LogP contribution is 2.29. The summed E-state index contributed by atoms with van der Waals surface area (Å²) in [7, 11) is 0. The fourth-order valence-corrected chi connectivity index (χ4v) is 3.05. The maximum atomic E-state index is 12.6. The molecule has 1 aliphatic heterocycles. The Morgan fingerprint density at radius 1 is 0.862 bits per heavy atom. The minimum atomic E-state index is -0.650. The average molecular weight is 394 g/mol. The van der Waals surface area contributed by atoms with Crippen LogP contribution in [0.4, 0.5) is 0 Å². The molecule has 8 heteroatoms. The van der Waals surface area contributed by atoms with Crippen molar-refractivity contribution in [2.45, 2.75) is 26.3 Å². The van der Waals surface area contributed by atoms with Crippen molar-refractivity contribution in [3.8, 4) is 0 Å². The molecule has 3 rings (SSSR count). The van der Waals surface area contributed by atoms with E-state index in [0.29, 0.717) is 11.1 Å². The topological polar surface area (TPSA) is 108 Å².